The summed E-state index contributed by atoms with van der Waals surface area (Å²) < 4.78 is 4.85. The monoisotopic (exact) mass is 203 g/mol. The van der Waals surface area contributed by atoms with Gasteiger partial charge in [-0.25, -0.2) is 4.79 Å². The van der Waals surface area contributed by atoms with E-state index in [1.165, 1.54) is 32.1 Å². The summed E-state index contributed by atoms with van der Waals surface area (Å²) in [4.78, 5) is 10.4. The van der Waals surface area contributed by atoms with Gasteiger partial charge in [0.25, 0.3) is 0 Å². The van der Waals surface area contributed by atoms with E-state index in [0.717, 1.165) is 0 Å². The van der Waals surface area contributed by atoms with Gasteiger partial charge >= 0.3 is 6.09 Å². The summed E-state index contributed by atoms with van der Waals surface area (Å²) >= 11 is 1.73. The number of hydrogen-bond acceptors (Lipinski definition) is 3. The van der Waals surface area contributed by atoms with Crippen LogP contribution >= 0.6 is 11.8 Å². The van der Waals surface area contributed by atoms with Gasteiger partial charge < -0.3 is 10.5 Å². The molecule has 1 aliphatic carbocycles. The minimum absolute atomic E-state index is 0.0967. The van der Waals surface area contributed by atoms with E-state index in [1.807, 2.05) is 6.92 Å². The van der Waals surface area contributed by atoms with Gasteiger partial charge in [-0.3, -0.25) is 0 Å². The first-order valence-electron chi connectivity index (χ1n) is 4.80. The maximum Gasteiger partial charge on any atom is 0.405 e. The molecule has 0 saturated heterocycles. The van der Waals surface area contributed by atoms with Crippen molar-refractivity contribution in [3.8, 4) is 0 Å². The van der Waals surface area contributed by atoms with Gasteiger partial charge in [-0.15, -0.1) is 11.8 Å². The van der Waals surface area contributed by atoms with Crippen molar-refractivity contribution in [2.75, 3.05) is 0 Å². The van der Waals surface area contributed by atoms with Crippen LogP contribution in [-0.2, 0) is 4.74 Å². The molecule has 76 valence electrons. The van der Waals surface area contributed by atoms with Crippen LogP contribution in [0.25, 0.3) is 0 Å². The van der Waals surface area contributed by atoms with Crippen molar-refractivity contribution in [3.63, 3.8) is 0 Å². The van der Waals surface area contributed by atoms with E-state index in [-0.39, 0.29) is 5.44 Å². The Balaban J connectivity index is 2.18. The van der Waals surface area contributed by atoms with Crippen molar-refractivity contribution >= 4 is 17.9 Å². The highest BCUT2D eigenvalue weighted by Gasteiger charge is 2.18. The van der Waals surface area contributed by atoms with Gasteiger partial charge in [0.05, 0.1) is 0 Å². The number of nitrogens with two attached hydrogens (primary N) is 1. The Hall–Kier alpha value is -0.380. The fourth-order valence-corrected chi connectivity index (χ4v) is 2.96. The maximum absolute atomic E-state index is 10.4. The molecule has 1 amide bonds. The number of rotatable bonds is 3. The van der Waals surface area contributed by atoms with Crippen LogP contribution in [0.5, 0.6) is 0 Å². The van der Waals surface area contributed by atoms with E-state index in [1.54, 1.807) is 11.8 Å². The summed E-state index contributed by atoms with van der Waals surface area (Å²) in [5.74, 6) is 0. The highest BCUT2D eigenvalue weighted by molar-refractivity contribution is 8.00. The molecule has 1 atom stereocenters. The first kappa shape index (κ1) is 10.7. The number of hydrogen-bond donors (Lipinski definition) is 1. The lowest BCUT2D eigenvalue weighted by Crippen LogP contribution is -2.21. The fourth-order valence-electron chi connectivity index (χ4n) is 1.66. The summed E-state index contributed by atoms with van der Waals surface area (Å²) in [6.07, 6.45) is 5.79. The standard InChI is InChI=1S/C9H17NO2S/c1-7(12-9(10)11)13-8-5-3-2-4-6-8/h7-8H,2-6H2,1H3,(H2,10,11). The summed E-state index contributed by atoms with van der Waals surface area (Å²) in [7, 11) is 0. The summed E-state index contributed by atoms with van der Waals surface area (Å²) in [5, 5.41) is 0.656. The van der Waals surface area contributed by atoms with Gasteiger partial charge in [-0.2, -0.15) is 0 Å². The molecule has 0 aromatic heterocycles. The zero-order chi connectivity index (χ0) is 9.68. The molecule has 0 aliphatic heterocycles. The van der Waals surface area contributed by atoms with Crippen LogP contribution in [0.15, 0.2) is 0 Å². The van der Waals surface area contributed by atoms with Gasteiger partial charge in [0.15, 0.2) is 0 Å². The predicted molar refractivity (Wildman–Crippen MR) is 54.6 cm³/mol. The molecular formula is C9H17NO2S. The molecule has 0 heterocycles. The van der Waals surface area contributed by atoms with Gasteiger partial charge in [0.2, 0.25) is 0 Å². The van der Waals surface area contributed by atoms with E-state index in [4.69, 9.17) is 10.5 Å². The molecule has 4 heteroatoms. The third kappa shape index (κ3) is 4.41. The highest BCUT2D eigenvalue weighted by atomic mass is 32.2. The molecule has 1 aliphatic rings. The predicted octanol–water partition coefficient (Wildman–Crippen LogP) is 2.49. The molecule has 1 fully saturated rings. The quantitative estimate of drug-likeness (QED) is 0.717. The zero-order valence-corrected chi connectivity index (χ0v) is 8.81. The van der Waals surface area contributed by atoms with E-state index >= 15 is 0 Å². The number of carbonyl (C=O) groups is 1. The molecular weight excluding hydrogens is 186 g/mol. The first-order chi connectivity index (χ1) is 6.18. The van der Waals surface area contributed by atoms with Gasteiger partial charge in [-0.05, 0) is 19.8 Å². The highest BCUT2D eigenvalue weighted by Crippen LogP contribution is 2.31. The van der Waals surface area contributed by atoms with Gasteiger partial charge in [0.1, 0.15) is 5.44 Å². The minimum Gasteiger partial charge on any atom is -0.436 e. The number of amides is 1. The molecule has 1 rings (SSSR count). The van der Waals surface area contributed by atoms with Crippen molar-refractivity contribution in [1.29, 1.82) is 0 Å². The lowest BCUT2D eigenvalue weighted by molar-refractivity contribution is 0.151. The van der Waals surface area contributed by atoms with Crippen LogP contribution in [0.4, 0.5) is 4.79 Å². The van der Waals surface area contributed by atoms with Gasteiger partial charge in [0, 0.05) is 5.25 Å². The average molecular weight is 203 g/mol. The van der Waals surface area contributed by atoms with Gasteiger partial charge in [-0.1, -0.05) is 19.3 Å². The third-order valence-corrected chi connectivity index (χ3v) is 3.55. The molecule has 13 heavy (non-hydrogen) atoms. The molecule has 2 N–H and O–H groups in total. The fraction of sp³-hybridized carbons (Fsp3) is 0.889. The Morgan fingerprint density at radius 2 is 2.08 bits per heavy atom. The van der Waals surface area contributed by atoms with Crippen LogP contribution in [0.2, 0.25) is 0 Å². The average Bonchev–Trinajstić information content (AvgIpc) is 2.04. The normalized spacial score (nSPS) is 21.0. The van der Waals surface area contributed by atoms with Crippen molar-refractivity contribution in [2.45, 2.75) is 49.7 Å². The molecule has 0 aromatic carbocycles. The number of thioether (sulfide) groups is 1. The second kappa shape index (κ2) is 5.37. The molecule has 1 unspecified atom stereocenters. The SMILES string of the molecule is CC(OC(N)=O)SC1CCCCC1. The van der Waals surface area contributed by atoms with Crippen LogP contribution in [0.1, 0.15) is 39.0 Å². The van der Waals surface area contributed by atoms with Crippen LogP contribution in [0.3, 0.4) is 0 Å². The zero-order valence-electron chi connectivity index (χ0n) is 7.99. The Bertz CT molecular complexity index is 169. The van der Waals surface area contributed by atoms with Crippen LogP contribution in [0, 0.1) is 0 Å². The Morgan fingerprint density at radius 1 is 1.46 bits per heavy atom. The summed E-state index contributed by atoms with van der Waals surface area (Å²) in [6, 6.07) is 0. The number of primary amides is 1. The summed E-state index contributed by atoms with van der Waals surface area (Å²) in [6.45, 7) is 1.88. The lowest BCUT2D eigenvalue weighted by Gasteiger charge is -2.23. The maximum atomic E-state index is 10.4. The second-order valence-corrected chi connectivity index (χ2v) is 5.00. The van der Waals surface area contributed by atoms with Crippen molar-refractivity contribution in [3.05, 3.63) is 0 Å². The van der Waals surface area contributed by atoms with E-state index in [0.29, 0.717) is 5.25 Å². The van der Waals surface area contributed by atoms with E-state index < -0.39 is 6.09 Å². The van der Waals surface area contributed by atoms with Crippen molar-refractivity contribution in [2.24, 2.45) is 5.73 Å². The van der Waals surface area contributed by atoms with Crippen molar-refractivity contribution < 1.29 is 9.53 Å². The summed E-state index contributed by atoms with van der Waals surface area (Å²) in [5.41, 5.74) is 4.83. The molecule has 1 saturated carbocycles. The largest absolute Gasteiger partial charge is 0.436 e. The van der Waals surface area contributed by atoms with E-state index in [9.17, 15) is 4.79 Å². The molecule has 0 spiro atoms. The third-order valence-electron chi connectivity index (χ3n) is 2.22. The molecule has 3 nitrogen and oxygen atoms in total. The Kier molecular flexibility index (Phi) is 4.42. The van der Waals surface area contributed by atoms with Crippen LogP contribution < -0.4 is 5.73 Å². The van der Waals surface area contributed by atoms with Crippen LogP contribution in [-0.4, -0.2) is 16.8 Å². The molecule has 0 aromatic rings. The molecule has 0 radical (unpaired) electrons. The second-order valence-electron chi connectivity index (χ2n) is 3.40. The Labute approximate surface area is 83.4 Å². The smallest absolute Gasteiger partial charge is 0.405 e. The number of ether oxygens (including phenoxy) is 1. The Morgan fingerprint density at radius 3 is 2.62 bits per heavy atom. The minimum atomic E-state index is -0.671. The topological polar surface area (TPSA) is 52.3 Å². The van der Waals surface area contributed by atoms with Crippen molar-refractivity contribution in [1.82, 2.24) is 0 Å². The molecule has 0 bridgehead atoms. The lowest BCUT2D eigenvalue weighted by atomic mass is 10.0. The van der Waals surface area contributed by atoms with E-state index in [2.05, 4.69) is 0 Å². The first-order valence-corrected chi connectivity index (χ1v) is 5.74. The number of carbonyl (C=O) groups excluding carboxylic acids is 1.